The normalized spacial score (nSPS) is 9.38. The molecule has 1 rings (SSSR count). The van der Waals surface area contributed by atoms with Crippen molar-refractivity contribution in [2.45, 2.75) is 0 Å². The Hall–Kier alpha value is -0.940. The van der Waals surface area contributed by atoms with Crippen LogP contribution in [0.4, 0.5) is 11.4 Å². The summed E-state index contributed by atoms with van der Waals surface area (Å²) in [4.78, 5) is 0. The fourth-order valence-corrected chi connectivity index (χ4v) is 1.12. The van der Waals surface area contributed by atoms with Crippen molar-refractivity contribution in [3.63, 3.8) is 0 Å². The highest BCUT2D eigenvalue weighted by Gasteiger charge is 2.01. The average Bonchev–Trinajstić information content (AvgIpc) is 2.08. The Labute approximate surface area is 87.7 Å². The number of thiocarbonyl (C=S) groups is 1. The van der Waals surface area contributed by atoms with Crippen molar-refractivity contribution in [3.8, 4) is 5.75 Å². The maximum atomic E-state index is 5.68. The van der Waals surface area contributed by atoms with Crippen LogP contribution in [0.25, 0.3) is 0 Å². The van der Waals surface area contributed by atoms with E-state index in [1.54, 1.807) is 25.3 Å². The SMILES string of the molecule is COc1ccc(N)c(NC(=S)S)c1. The Balaban J connectivity index is 2.96. The minimum Gasteiger partial charge on any atom is -0.497 e. The lowest BCUT2D eigenvalue weighted by Crippen LogP contribution is -2.04. The summed E-state index contributed by atoms with van der Waals surface area (Å²) in [5.74, 6) is 0.723. The number of hydrogen-bond donors (Lipinski definition) is 3. The van der Waals surface area contributed by atoms with Gasteiger partial charge in [-0.05, 0) is 12.1 Å². The molecule has 0 radical (unpaired) electrons. The van der Waals surface area contributed by atoms with E-state index in [1.807, 2.05) is 0 Å². The van der Waals surface area contributed by atoms with E-state index in [2.05, 4.69) is 17.9 Å². The molecule has 0 aliphatic heterocycles. The van der Waals surface area contributed by atoms with Gasteiger partial charge in [0.2, 0.25) is 0 Å². The first-order chi connectivity index (χ1) is 6.13. The minimum absolute atomic E-state index is 0.375. The molecule has 0 saturated carbocycles. The van der Waals surface area contributed by atoms with Gasteiger partial charge in [0, 0.05) is 6.07 Å². The second-order valence-corrected chi connectivity index (χ2v) is 3.54. The molecule has 70 valence electrons. The number of benzene rings is 1. The molecule has 1 aromatic carbocycles. The van der Waals surface area contributed by atoms with Gasteiger partial charge in [-0.15, -0.1) is 12.6 Å². The van der Waals surface area contributed by atoms with Crippen LogP contribution in [0.3, 0.4) is 0 Å². The van der Waals surface area contributed by atoms with Crippen LogP contribution < -0.4 is 15.8 Å². The van der Waals surface area contributed by atoms with Crippen LogP contribution in [-0.2, 0) is 0 Å². The summed E-state index contributed by atoms with van der Waals surface area (Å²) >= 11 is 8.72. The van der Waals surface area contributed by atoms with Crippen LogP contribution in [0.1, 0.15) is 0 Å². The van der Waals surface area contributed by atoms with Crippen molar-refractivity contribution >= 4 is 40.5 Å². The van der Waals surface area contributed by atoms with Gasteiger partial charge in [-0.2, -0.15) is 0 Å². The number of ether oxygens (including phenoxy) is 1. The molecular weight excluding hydrogens is 204 g/mol. The molecule has 0 unspecified atom stereocenters. The van der Waals surface area contributed by atoms with Gasteiger partial charge in [0.1, 0.15) is 10.1 Å². The van der Waals surface area contributed by atoms with Gasteiger partial charge in [-0.25, -0.2) is 0 Å². The standard InChI is InChI=1S/C8H10N2OS2/c1-11-5-2-3-6(9)7(4-5)10-8(12)13/h2-4H,9H2,1H3,(H2,10,12,13). The van der Waals surface area contributed by atoms with E-state index in [0.717, 1.165) is 5.75 Å². The second-order valence-electron chi connectivity index (χ2n) is 2.38. The molecule has 0 spiro atoms. The van der Waals surface area contributed by atoms with E-state index in [0.29, 0.717) is 15.7 Å². The first-order valence-electron chi connectivity index (χ1n) is 3.57. The van der Waals surface area contributed by atoms with Crippen LogP contribution in [0, 0.1) is 0 Å². The lowest BCUT2D eigenvalue weighted by Gasteiger charge is -2.08. The number of nitrogens with one attached hydrogen (secondary N) is 1. The zero-order valence-electron chi connectivity index (χ0n) is 7.07. The van der Waals surface area contributed by atoms with E-state index >= 15 is 0 Å². The van der Waals surface area contributed by atoms with E-state index < -0.39 is 0 Å². The molecule has 0 fully saturated rings. The number of nitrogen functional groups attached to an aromatic ring is 1. The Morgan fingerprint density at radius 2 is 2.31 bits per heavy atom. The quantitative estimate of drug-likeness (QED) is 0.400. The highest BCUT2D eigenvalue weighted by molar-refractivity contribution is 8.11. The third-order valence-electron chi connectivity index (χ3n) is 1.50. The van der Waals surface area contributed by atoms with Crippen LogP contribution >= 0.6 is 24.8 Å². The first-order valence-corrected chi connectivity index (χ1v) is 4.42. The van der Waals surface area contributed by atoms with Gasteiger partial charge < -0.3 is 15.8 Å². The molecule has 0 aliphatic rings. The Bertz CT molecular complexity index is 328. The van der Waals surface area contributed by atoms with Crippen LogP contribution in [0.2, 0.25) is 0 Å². The van der Waals surface area contributed by atoms with E-state index in [1.165, 1.54) is 0 Å². The van der Waals surface area contributed by atoms with E-state index in [-0.39, 0.29) is 0 Å². The van der Waals surface area contributed by atoms with Crippen molar-refractivity contribution in [1.82, 2.24) is 0 Å². The monoisotopic (exact) mass is 214 g/mol. The van der Waals surface area contributed by atoms with Crippen LogP contribution in [-0.4, -0.2) is 11.4 Å². The molecular formula is C8H10N2OS2. The van der Waals surface area contributed by atoms with Crippen molar-refractivity contribution in [3.05, 3.63) is 18.2 Å². The zero-order chi connectivity index (χ0) is 9.84. The first kappa shape index (κ1) is 10.1. The Kier molecular flexibility index (Phi) is 3.39. The number of thiol groups is 1. The summed E-state index contributed by atoms with van der Waals surface area (Å²) in [6, 6.07) is 5.28. The highest BCUT2D eigenvalue weighted by Crippen LogP contribution is 2.24. The molecule has 0 amide bonds. The van der Waals surface area contributed by atoms with Crippen LogP contribution in [0.5, 0.6) is 5.75 Å². The number of hydrogen-bond acceptors (Lipinski definition) is 3. The minimum atomic E-state index is 0.375. The van der Waals surface area contributed by atoms with Gasteiger partial charge in [0.05, 0.1) is 18.5 Å². The summed E-state index contributed by atoms with van der Waals surface area (Å²) in [5.41, 5.74) is 7.00. The number of nitrogens with two attached hydrogens (primary N) is 1. The molecule has 13 heavy (non-hydrogen) atoms. The summed E-state index contributed by atoms with van der Waals surface area (Å²) in [6.07, 6.45) is 0. The topological polar surface area (TPSA) is 47.3 Å². The van der Waals surface area contributed by atoms with Gasteiger partial charge in [0.25, 0.3) is 0 Å². The molecule has 5 heteroatoms. The predicted molar refractivity (Wildman–Crippen MR) is 62.6 cm³/mol. The van der Waals surface area contributed by atoms with E-state index in [9.17, 15) is 0 Å². The van der Waals surface area contributed by atoms with Crippen molar-refractivity contribution in [2.75, 3.05) is 18.2 Å². The van der Waals surface area contributed by atoms with Gasteiger partial charge >= 0.3 is 0 Å². The second kappa shape index (κ2) is 4.34. The number of anilines is 2. The molecule has 0 aromatic heterocycles. The average molecular weight is 214 g/mol. The Morgan fingerprint density at radius 1 is 1.62 bits per heavy atom. The molecule has 0 bridgehead atoms. The molecule has 0 atom stereocenters. The molecule has 0 saturated heterocycles. The predicted octanol–water partition coefficient (Wildman–Crippen LogP) is 1.90. The van der Waals surface area contributed by atoms with Gasteiger partial charge in [-0.3, -0.25) is 0 Å². The molecule has 3 N–H and O–H groups in total. The summed E-state index contributed by atoms with van der Waals surface area (Å²) in [5, 5.41) is 2.84. The molecule has 3 nitrogen and oxygen atoms in total. The highest BCUT2D eigenvalue weighted by atomic mass is 32.1. The summed E-state index contributed by atoms with van der Waals surface area (Å²) in [7, 11) is 1.59. The number of rotatable bonds is 2. The summed E-state index contributed by atoms with van der Waals surface area (Å²) < 4.78 is 5.40. The van der Waals surface area contributed by atoms with Crippen molar-refractivity contribution in [2.24, 2.45) is 0 Å². The largest absolute Gasteiger partial charge is 0.497 e. The number of methoxy groups -OCH3 is 1. The fraction of sp³-hybridized carbons (Fsp3) is 0.125. The maximum absolute atomic E-state index is 5.68. The van der Waals surface area contributed by atoms with Gasteiger partial charge in [-0.1, -0.05) is 12.2 Å². The Morgan fingerprint density at radius 3 is 2.85 bits per heavy atom. The molecule has 1 aromatic rings. The van der Waals surface area contributed by atoms with Crippen LogP contribution in [0.15, 0.2) is 18.2 Å². The summed E-state index contributed by atoms with van der Waals surface area (Å²) in [6.45, 7) is 0. The third-order valence-corrected chi connectivity index (χ3v) is 1.72. The lowest BCUT2D eigenvalue weighted by atomic mass is 10.2. The van der Waals surface area contributed by atoms with Crippen molar-refractivity contribution in [1.29, 1.82) is 0 Å². The van der Waals surface area contributed by atoms with Gasteiger partial charge in [0.15, 0.2) is 0 Å². The maximum Gasteiger partial charge on any atom is 0.135 e. The van der Waals surface area contributed by atoms with Crippen molar-refractivity contribution < 1.29 is 4.74 Å². The smallest absolute Gasteiger partial charge is 0.135 e. The third kappa shape index (κ3) is 2.78. The molecule has 0 aliphatic carbocycles. The fourth-order valence-electron chi connectivity index (χ4n) is 0.886. The van der Waals surface area contributed by atoms with E-state index in [4.69, 9.17) is 22.7 Å². The zero-order valence-corrected chi connectivity index (χ0v) is 8.78. The lowest BCUT2D eigenvalue weighted by molar-refractivity contribution is 0.415. The molecule has 0 heterocycles.